The first-order chi connectivity index (χ1) is 9.88. The molecule has 2 aromatic rings. The fourth-order valence-corrected chi connectivity index (χ4v) is 2.29. The summed E-state index contributed by atoms with van der Waals surface area (Å²) in [6.45, 7) is 10.6. The lowest BCUT2D eigenvalue weighted by atomic mass is 10.1. The van der Waals surface area contributed by atoms with Gasteiger partial charge in [0.15, 0.2) is 0 Å². The van der Waals surface area contributed by atoms with Gasteiger partial charge in [-0.3, -0.25) is 4.79 Å². The maximum atomic E-state index is 12.1. The summed E-state index contributed by atoms with van der Waals surface area (Å²) in [5, 5.41) is 7.79. The molecule has 1 aromatic carbocycles. The van der Waals surface area contributed by atoms with Gasteiger partial charge in [0.05, 0.1) is 5.69 Å². The summed E-state index contributed by atoms with van der Waals surface area (Å²) < 4.78 is 1.85. The topological polar surface area (TPSA) is 46.9 Å². The summed E-state index contributed by atoms with van der Waals surface area (Å²) in [6, 6.07) is 8.22. The molecule has 0 amide bonds. The Kier molecular flexibility index (Phi) is 4.58. The molecule has 2 rings (SSSR count). The molecule has 1 heterocycles. The molecule has 0 radical (unpaired) electrons. The third-order valence-electron chi connectivity index (χ3n) is 3.44. The maximum Gasteiger partial charge on any atom is 0.204 e. The van der Waals surface area contributed by atoms with Crippen molar-refractivity contribution < 1.29 is 0 Å². The third-order valence-corrected chi connectivity index (χ3v) is 3.44. The fourth-order valence-electron chi connectivity index (χ4n) is 2.29. The average Bonchev–Trinajstić information content (AvgIpc) is 2.38. The van der Waals surface area contributed by atoms with Crippen LogP contribution in [0, 0.1) is 20.8 Å². The highest BCUT2D eigenvalue weighted by Crippen LogP contribution is 2.16. The molecule has 0 aliphatic heterocycles. The molecule has 0 saturated heterocycles. The van der Waals surface area contributed by atoms with Gasteiger partial charge in [0.1, 0.15) is 5.69 Å². The lowest BCUT2D eigenvalue weighted by Gasteiger charge is -2.15. The van der Waals surface area contributed by atoms with E-state index in [0.29, 0.717) is 18.3 Å². The second kappa shape index (κ2) is 6.22. The van der Waals surface area contributed by atoms with Gasteiger partial charge in [-0.2, -0.15) is 5.10 Å². The minimum Gasteiger partial charge on any atom is -0.309 e. The number of benzene rings is 1. The van der Waals surface area contributed by atoms with Gasteiger partial charge < -0.3 is 5.32 Å². The minimum absolute atomic E-state index is 0.0123. The minimum atomic E-state index is -0.0123. The molecule has 21 heavy (non-hydrogen) atoms. The second-order valence-electron chi connectivity index (χ2n) is 5.83. The van der Waals surface area contributed by atoms with Gasteiger partial charge in [-0.15, -0.1) is 0 Å². The number of nitrogens with zero attached hydrogens (tertiary/aromatic N) is 2. The monoisotopic (exact) mass is 285 g/mol. The van der Waals surface area contributed by atoms with Crippen molar-refractivity contribution in [3.05, 3.63) is 57.0 Å². The van der Waals surface area contributed by atoms with Gasteiger partial charge in [-0.25, -0.2) is 4.68 Å². The van der Waals surface area contributed by atoms with Gasteiger partial charge in [0.2, 0.25) is 5.43 Å². The highest BCUT2D eigenvalue weighted by molar-refractivity contribution is 5.42. The Balaban J connectivity index is 2.48. The number of aromatic nitrogens is 2. The van der Waals surface area contributed by atoms with Crippen molar-refractivity contribution in [2.75, 3.05) is 0 Å². The van der Waals surface area contributed by atoms with Crippen LogP contribution in [0.4, 0.5) is 0 Å². The summed E-state index contributed by atoms with van der Waals surface area (Å²) in [4.78, 5) is 12.1. The summed E-state index contributed by atoms with van der Waals surface area (Å²) in [6.07, 6.45) is 0. The molecular weight excluding hydrogens is 262 g/mol. The Morgan fingerprint density at radius 1 is 1.19 bits per heavy atom. The van der Waals surface area contributed by atoms with Gasteiger partial charge in [0, 0.05) is 24.3 Å². The lowest BCUT2D eigenvalue weighted by molar-refractivity contribution is 0.568. The Morgan fingerprint density at radius 2 is 1.90 bits per heavy atom. The summed E-state index contributed by atoms with van der Waals surface area (Å²) in [5.74, 6) is 0. The zero-order chi connectivity index (χ0) is 15.6. The smallest absolute Gasteiger partial charge is 0.204 e. The molecule has 4 nitrogen and oxygen atoms in total. The molecule has 0 aliphatic carbocycles. The van der Waals surface area contributed by atoms with E-state index in [0.717, 1.165) is 16.9 Å². The predicted octanol–water partition coefficient (Wildman–Crippen LogP) is 2.66. The first-order valence-electron chi connectivity index (χ1n) is 7.29. The molecule has 0 unspecified atom stereocenters. The summed E-state index contributed by atoms with van der Waals surface area (Å²) >= 11 is 0. The van der Waals surface area contributed by atoms with E-state index in [1.54, 1.807) is 6.07 Å². The number of hydrogen-bond donors (Lipinski definition) is 1. The summed E-state index contributed by atoms with van der Waals surface area (Å²) in [5.41, 5.74) is 4.77. The van der Waals surface area contributed by atoms with E-state index in [9.17, 15) is 4.79 Å². The molecule has 4 heteroatoms. The van der Waals surface area contributed by atoms with Crippen LogP contribution in [-0.4, -0.2) is 15.8 Å². The van der Waals surface area contributed by atoms with Crippen molar-refractivity contribution >= 4 is 0 Å². The third kappa shape index (κ3) is 3.58. The van der Waals surface area contributed by atoms with Crippen molar-refractivity contribution in [2.24, 2.45) is 0 Å². The predicted molar refractivity (Wildman–Crippen MR) is 86.0 cm³/mol. The molecule has 0 spiro atoms. The van der Waals surface area contributed by atoms with Crippen LogP contribution in [0.5, 0.6) is 0 Å². The Labute approximate surface area is 125 Å². The van der Waals surface area contributed by atoms with Crippen LogP contribution in [0.15, 0.2) is 29.1 Å². The zero-order valence-corrected chi connectivity index (χ0v) is 13.4. The first-order valence-corrected chi connectivity index (χ1v) is 7.29. The van der Waals surface area contributed by atoms with E-state index in [4.69, 9.17) is 0 Å². The molecule has 0 aliphatic rings. The Morgan fingerprint density at radius 3 is 2.52 bits per heavy atom. The number of nitrogens with one attached hydrogen (secondary N) is 1. The van der Waals surface area contributed by atoms with E-state index in [2.05, 4.69) is 56.3 Å². The van der Waals surface area contributed by atoms with Crippen LogP contribution >= 0.6 is 0 Å². The van der Waals surface area contributed by atoms with Crippen LogP contribution in [0.1, 0.15) is 36.4 Å². The van der Waals surface area contributed by atoms with Crippen molar-refractivity contribution in [3.63, 3.8) is 0 Å². The SMILES string of the molecule is Cc1ccc(-n2nc(CNC(C)C)c(=O)cc2C)c(C)c1. The van der Waals surface area contributed by atoms with Crippen LogP contribution in [0.3, 0.4) is 0 Å². The van der Waals surface area contributed by atoms with Crippen molar-refractivity contribution in [1.82, 2.24) is 15.1 Å². The van der Waals surface area contributed by atoms with E-state index in [1.807, 2.05) is 11.6 Å². The van der Waals surface area contributed by atoms with E-state index >= 15 is 0 Å². The van der Waals surface area contributed by atoms with E-state index in [-0.39, 0.29) is 5.43 Å². The van der Waals surface area contributed by atoms with E-state index < -0.39 is 0 Å². The lowest BCUT2D eigenvalue weighted by Crippen LogP contribution is -2.28. The standard InChI is InChI=1S/C17H23N3O/c1-11(2)18-10-15-17(21)9-14(5)20(19-15)16-7-6-12(3)8-13(16)4/h6-9,11,18H,10H2,1-5H3. The first kappa shape index (κ1) is 15.4. The molecule has 0 atom stereocenters. The normalized spacial score (nSPS) is 11.1. The molecule has 1 N–H and O–H groups in total. The Bertz CT molecular complexity index is 702. The second-order valence-corrected chi connectivity index (χ2v) is 5.83. The largest absolute Gasteiger partial charge is 0.309 e. The highest BCUT2D eigenvalue weighted by Gasteiger charge is 2.09. The van der Waals surface area contributed by atoms with Crippen LogP contribution in [0.25, 0.3) is 5.69 Å². The number of hydrogen-bond acceptors (Lipinski definition) is 3. The number of aryl methyl sites for hydroxylation is 3. The molecule has 0 fully saturated rings. The van der Waals surface area contributed by atoms with Crippen molar-refractivity contribution in [1.29, 1.82) is 0 Å². The molecule has 112 valence electrons. The molecular formula is C17H23N3O. The Hall–Kier alpha value is -1.94. The highest BCUT2D eigenvalue weighted by atomic mass is 16.1. The molecule has 0 bridgehead atoms. The van der Waals surface area contributed by atoms with Gasteiger partial charge in [-0.1, -0.05) is 31.5 Å². The van der Waals surface area contributed by atoms with Gasteiger partial charge in [0.25, 0.3) is 0 Å². The maximum absolute atomic E-state index is 12.1. The van der Waals surface area contributed by atoms with Crippen LogP contribution in [-0.2, 0) is 6.54 Å². The zero-order valence-electron chi connectivity index (χ0n) is 13.4. The van der Waals surface area contributed by atoms with Crippen molar-refractivity contribution in [3.8, 4) is 5.69 Å². The van der Waals surface area contributed by atoms with Crippen molar-refractivity contribution in [2.45, 2.75) is 47.2 Å². The molecule has 1 aromatic heterocycles. The van der Waals surface area contributed by atoms with Gasteiger partial charge in [-0.05, 0) is 32.4 Å². The van der Waals surface area contributed by atoms with Crippen LogP contribution in [0.2, 0.25) is 0 Å². The number of rotatable bonds is 4. The van der Waals surface area contributed by atoms with E-state index in [1.165, 1.54) is 5.56 Å². The summed E-state index contributed by atoms with van der Waals surface area (Å²) in [7, 11) is 0. The molecule has 0 saturated carbocycles. The quantitative estimate of drug-likeness (QED) is 0.939. The average molecular weight is 285 g/mol. The fraction of sp³-hybridized carbons (Fsp3) is 0.412. The van der Waals surface area contributed by atoms with Crippen LogP contribution < -0.4 is 10.7 Å². The van der Waals surface area contributed by atoms with Gasteiger partial charge >= 0.3 is 0 Å².